The first-order valence-electron chi connectivity index (χ1n) is 19.1. The fourth-order valence-corrected chi connectivity index (χ4v) is 5.64. The first kappa shape index (κ1) is 47.0. The Morgan fingerprint density at radius 2 is 1.12 bits per heavy atom. The van der Waals surface area contributed by atoms with E-state index in [9.17, 15) is 19.0 Å². The minimum Gasteiger partial charge on any atom is -0.462 e. The second-order valence-corrected chi connectivity index (χ2v) is 13.9. The fourth-order valence-electron chi connectivity index (χ4n) is 4.88. The van der Waals surface area contributed by atoms with Crippen molar-refractivity contribution < 1.29 is 37.6 Å². The predicted molar refractivity (Wildman–Crippen MR) is 201 cm³/mol. The van der Waals surface area contributed by atoms with Crippen molar-refractivity contribution in [2.45, 2.75) is 161 Å². The molecule has 0 aliphatic heterocycles. The number of rotatable bonds is 35. The summed E-state index contributed by atoms with van der Waals surface area (Å²) in [5.41, 5.74) is 5.33. The van der Waals surface area contributed by atoms with E-state index in [2.05, 4.69) is 62.5 Å². The van der Waals surface area contributed by atoms with Gasteiger partial charge in [-0.15, -0.1) is 0 Å². The van der Waals surface area contributed by atoms with Gasteiger partial charge in [0.1, 0.15) is 6.61 Å². The molecule has 0 amide bonds. The Hall–Kier alpha value is -2.03. The van der Waals surface area contributed by atoms with Gasteiger partial charge in [0.25, 0.3) is 0 Å². The second-order valence-electron chi connectivity index (χ2n) is 12.4. The first-order valence-corrected chi connectivity index (χ1v) is 20.6. The molecule has 0 saturated heterocycles. The molecule has 0 aromatic heterocycles. The number of allylic oxidation sites excluding steroid dienone is 8. The number of phosphoric ester groups is 1. The minimum absolute atomic E-state index is 0.0479. The van der Waals surface area contributed by atoms with Crippen molar-refractivity contribution in [3.05, 3.63) is 48.6 Å². The summed E-state index contributed by atoms with van der Waals surface area (Å²) < 4.78 is 32.6. The van der Waals surface area contributed by atoms with Gasteiger partial charge in [-0.05, 0) is 70.6 Å². The van der Waals surface area contributed by atoms with Gasteiger partial charge in [0.15, 0.2) is 6.10 Å². The number of esters is 2. The maximum absolute atomic E-state index is 12.5. The molecular formula is C39H70NO8P. The van der Waals surface area contributed by atoms with Crippen LogP contribution in [0.1, 0.15) is 155 Å². The standard InChI is InChI=1S/C39H70NO8P/c1-3-5-7-9-11-13-15-17-18-20-21-23-25-27-29-31-38(41)45-35-37(36-47-49(43,44)46-34-33-40)48-39(42)32-30-28-26-24-22-19-16-14-12-10-8-6-4-2/h5,7,11,13-14,16-18,37H,3-4,6,8-10,12,15,19-36,40H2,1-2H3,(H,43,44). The normalized spacial score (nSPS) is 14.0. The highest BCUT2D eigenvalue weighted by molar-refractivity contribution is 7.47. The van der Waals surface area contributed by atoms with Crippen molar-refractivity contribution in [1.82, 2.24) is 0 Å². The molecule has 49 heavy (non-hydrogen) atoms. The average Bonchev–Trinajstić information content (AvgIpc) is 3.08. The van der Waals surface area contributed by atoms with E-state index in [0.717, 1.165) is 83.5 Å². The van der Waals surface area contributed by atoms with E-state index in [1.54, 1.807) is 0 Å². The van der Waals surface area contributed by atoms with Crippen LogP contribution in [0.2, 0.25) is 0 Å². The van der Waals surface area contributed by atoms with Gasteiger partial charge >= 0.3 is 19.8 Å². The summed E-state index contributed by atoms with van der Waals surface area (Å²) in [6.45, 7) is 3.55. The average molecular weight is 712 g/mol. The molecule has 0 heterocycles. The van der Waals surface area contributed by atoms with Crippen LogP contribution in [0, 0.1) is 0 Å². The minimum atomic E-state index is -4.38. The zero-order chi connectivity index (χ0) is 36.1. The largest absolute Gasteiger partial charge is 0.472 e. The van der Waals surface area contributed by atoms with Gasteiger partial charge in [0, 0.05) is 19.4 Å². The van der Waals surface area contributed by atoms with Crippen LogP contribution in [0.15, 0.2) is 48.6 Å². The predicted octanol–water partition coefficient (Wildman–Crippen LogP) is 10.4. The van der Waals surface area contributed by atoms with Crippen molar-refractivity contribution in [3.63, 3.8) is 0 Å². The summed E-state index contributed by atoms with van der Waals surface area (Å²) in [4.78, 5) is 34.7. The fraction of sp³-hybridized carbons (Fsp3) is 0.744. The molecule has 9 nitrogen and oxygen atoms in total. The van der Waals surface area contributed by atoms with Crippen LogP contribution in [-0.2, 0) is 32.7 Å². The van der Waals surface area contributed by atoms with Crippen LogP contribution in [0.25, 0.3) is 0 Å². The molecule has 2 atom stereocenters. The van der Waals surface area contributed by atoms with Crippen molar-refractivity contribution in [3.8, 4) is 0 Å². The third-order valence-electron chi connectivity index (χ3n) is 7.70. The van der Waals surface area contributed by atoms with Crippen molar-refractivity contribution in [2.24, 2.45) is 5.73 Å². The quantitative estimate of drug-likeness (QED) is 0.0285. The maximum atomic E-state index is 12.5. The van der Waals surface area contributed by atoms with Gasteiger partial charge in [-0.2, -0.15) is 0 Å². The Balaban J connectivity index is 4.27. The molecule has 0 aromatic rings. The lowest BCUT2D eigenvalue weighted by molar-refractivity contribution is -0.161. The Labute approximate surface area is 298 Å². The van der Waals surface area contributed by atoms with E-state index in [4.69, 9.17) is 24.3 Å². The summed E-state index contributed by atoms with van der Waals surface area (Å²) in [6, 6.07) is 0. The van der Waals surface area contributed by atoms with Crippen LogP contribution < -0.4 is 5.73 Å². The molecule has 0 bridgehead atoms. The van der Waals surface area contributed by atoms with Gasteiger partial charge in [-0.25, -0.2) is 4.57 Å². The maximum Gasteiger partial charge on any atom is 0.472 e. The van der Waals surface area contributed by atoms with E-state index in [1.165, 1.54) is 32.1 Å². The van der Waals surface area contributed by atoms with Gasteiger partial charge in [-0.1, -0.05) is 120 Å². The number of unbranched alkanes of at least 4 members (excludes halogenated alkanes) is 14. The lowest BCUT2D eigenvalue weighted by Crippen LogP contribution is -2.29. The molecule has 2 unspecified atom stereocenters. The zero-order valence-corrected chi connectivity index (χ0v) is 31.8. The number of ether oxygens (including phenoxy) is 2. The Bertz CT molecular complexity index is 949. The van der Waals surface area contributed by atoms with Crippen LogP contribution in [-0.4, -0.2) is 49.3 Å². The third-order valence-corrected chi connectivity index (χ3v) is 8.68. The van der Waals surface area contributed by atoms with E-state index < -0.39 is 32.5 Å². The SMILES string of the molecule is CCC=CCC=CCC=CCCCCCCCC(=O)OCC(COP(=O)(O)OCCN)OC(=O)CCCCCCCC=CCCCCCC. The van der Waals surface area contributed by atoms with Crippen LogP contribution in [0.4, 0.5) is 0 Å². The van der Waals surface area contributed by atoms with Crippen molar-refractivity contribution in [1.29, 1.82) is 0 Å². The number of hydrogen-bond donors (Lipinski definition) is 2. The number of carbonyl (C=O) groups is 2. The number of nitrogens with two attached hydrogens (primary N) is 1. The van der Waals surface area contributed by atoms with E-state index in [0.29, 0.717) is 12.8 Å². The van der Waals surface area contributed by atoms with Crippen LogP contribution >= 0.6 is 7.82 Å². The van der Waals surface area contributed by atoms with Crippen molar-refractivity contribution in [2.75, 3.05) is 26.4 Å². The smallest absolute Gasteiger partial charge is 0.462 e. The van der Waals surface area contributed by atoms with E-state index in [1.807, 2.05) is 0 Å². The zero-order valence-electron chi connectivity index (χ0n) is 30.9. The molecule has 0 radical (unpaired) electrons. The third kappa shape index (κ3) is 35.6. The van der Waals surface area contributed by atoms with Crippen LogP contribution in [0.3, 0.4) is 0 Å². The van der Waals surface area contributed by atoms with E-state index >= 15 is 0 Å². The Morgan fingerprint density at radius 1 is 0.633 bits per heavy atom. The van der Waals surface area contributed by atoms with Gasteiger partial charge in [0.05, 0.1) is 13.2 Å². The summed E-state index contributed by atoms with van der Waals surface area (Å²) in [6.07, 6.45) is 38.5. The Morgan fingerprint density at radius 3 is 1.69 bits per heavy atom. The number of phosphoric acid groups is 1. The molecule has 3 N–H and O–H groups in total. The summed E-state index contributed by atoms with van der Waals surface area (Å²) in [5, 5.41) is 0. The molecule has 0 spiro atoms. The lowest BCUT2D eigenvalue weighted by atomic mass is 10.1. The molecule has 0 aliphatic rings. The van der Waals surface area contributed by atoms with Crippen LogP contribution in [0.5, 0.6) is 0 Å². The van der Waals surface area contributed by atoms with Gasteiger partial charge in [0.2, 0.25) is 0 Å². The lowest BCUT2D eigenvalue weighted by Gasteiger charge is -2.19. The second kappa shape index (κ2) is 35.8. The summed E-state index contributed by atoms with van der Waals surface area (Å²) in [7, 11) is -4.38. The van der Waals surface area contributed by atoms with Gasteiger partial charge in [-0.3, -0.25) is 18.6 Å². The number of hydrogen-bond acceptors (Lipinski definition) is 8. The molecular weight excluding hydrogens is 641 g/mol. The molecule has 0 fully saturated rings. The Kier molecular flexibility index (Phi) is 34.3. The van der Waals surface area contributed by atoms with Gasteiger partial charge < -0.3 is 20.1 Å². The van der Waals surface area contributed by atoms with E-state index in [-0.39, 0.29) is 32.6 Å². The molecule has 10 heteroatoms. The highest BCUT2D eigenvalue weighted by atomic mass is 31.2. The summed E-state index contributed by atoms with van der Waals surface area (Å²) in [5.74, 6) is -0.863. The molecule has 0 rings (SSSR count). The topological polar surface area (TPSA) is 134 Å². The molecule has 0 saturated carbocycles. The summed E-state index contributed by atoms with van der Waals surface area (Å²) >= 11 is 0. The highest BCUT2D eigenvalue weighted by Gasteiger charge is 2.25. The monoisotopic (exact) mass is 711 g/mol. The highest BCUT2D eigenvalue weighted by Crippen LogP contribution is 2.43. The van der Waals surface area contributed by atoms with Crippen molar-refractivity contribution >= 4 is 19.8 Å². The molecule has 0 aliphatic carbocycles. The first-order chi connectivity index (χ1) is 23.8. The molecule has 0 aromatic carbocycles. The molecule has 284 valence electrons. The number of carbonyl (C=O) groups excluding carboxylic acids is 2.